The molecule has 0 N–H and O–H groups in total. The molecule has 0 saturated carbocycles. The van der Waals surface area contributed by atoms with Crippen molar-refractivity contribution in [3.05, 3.63) is 35.6 Å². The van der Waals surface area contributed by atoms with Gasteiger partial charge in [-0.3, -0.25) is 4.79 Å². The summed E-state index contributed by atoms with van der Waals surface area (Å²) in [6, 6.07) is 5.76. The van der Waals surface area contributed by atoms with Crippen LogP contribution in [0.2, 0.25) is 0 Å². The molecule has 3 nitrogen and oxygen atoms in total. The smallest absolute Gasteiger partial charge is 0.162 e. The van der Waals surface area contributed by atoms with Crippen LogP contribution in [0.3, 0.4) is 0 Å². The summed E-state index contributed by atoms with van der Waals surface area (Å²) in [5.41, 5.74) is 0.591. The summed E-state index contributed by atoms with van der Waals surface area (Å²) in [6.07, 6.45) is 3.97. The van der Waals surface area contributed by atoms with E-state index >= 15 is 0 Å². The van der Waals surface area contributed by atoms with Crippen molar-refractivity contribution < 1.29 is 13.9 Å². The quantitative estimate of drug-likeness (QED) is 0.719. The van der Waals surface area contributed by atoms with E-state index in [2.05, 4.69) is 11.9 Å². The van der Waals surface area contributed by atoms with Gasteiger partial charge < -0.3 is 9.64 Å². The maximum Gasteiger partial charge on any atom is 0.162 e. The lowest BCUT2D eigenvalue weighted by Crippen LogP contribution is -2.29. The van der Waals surface area contributed by atoms with Crippen LogP contribution in [0.25, 0.3) is 0 Å². The maximum absolute atomic E-state index is 12.8. The summed E-state index contributed by atoms with van der Waals surface area (Å²) in [5, 5.41) is 0. The monoisotopic (exact) mass is 279 g/mol. The summed E-state index contributed by atoms with van der Waals surface area (Å²) in [5.74, 6) is -0.228. The first-order valence-corrected chi connectivity index (χ1v) is 7.24. The summed E-state index contributed by atoms with van der Waals surface area (Å²) in [4.78, 5) is 14.1. The molecule has 0 bridgehead atoms. The van der Waals surface area contributed by atoms with E-state index in [0.717, 1.165) is 39.0 Å². The Bertz CT molecular complexity index is 427. The van der Waals surface area contributed by atoms with E-state index in [4.69, 9.17) is 4.74 Å². The molecule has 1 aliphatic rings. The van der Waals surface area contributed by atoms with E-state index in [-0.39, 0.29) is 11.6 Å². The highest BCUT2D eigenvalue weighted by Gasteiger charge is 2.17. The molecule has 1 saturated heterocycles. The number of ether oxygens (including phenoxy) is 1. The van der Waals surface area contributed by atoms with Gasteiger partial charge in [-0.05, 0) is 57.1 Å². The molecule has 0 aromatic heterocycles. The van der Waals surface area contributed by atoms with Crippen LogP contribution in [-0.2, 0) is 4.74 Å². The number of carbonyl (C=O) groups is 1. The van der Waals surface area contributed by atoms with E-state index in [1.807, 2.05) is 0 Å². The van der Waals surface area contributed by atoms with E-state index in [1.54, 1.807) is 12.1 Å². The highest BCUT2D eigenvalue weighted by Crippen LogP contribution is 2.13. The van der Waals surface area contributed by atoms with Crippen molar-refractivity contribution in [1.82, 2.24) is 4.90 Å². The minimum absolute atomic E-state index is 0.0792. The Labute approximate surface area is 119 Å². The van der Waals surface area contributed by atoms with Crippen molar-refractivity contribution in [3.8, 4) is 0 Å². The number of halogens is 1. The second-order valence-electron chi connectivity index (χ2n) is 5.43. The first kappa shape index (κ1) is 15.1. The van der Waals surface area contributed by atoms with Crippen LogP contribution in [0.15, 0.2) is 24.3 Å². The molecule has 1 aromatic rings. The van der Waals surface area contributed by atoms with Gasteiger partial charge in [0.05, 0.1) is 6.10 Å². The minimum atomic E-state index is -0.308. The highest BCUT2D eigenvalue weighted by molar-refractivity contribution is 5.95. The van der Waals surface area contributed by atoms with Crippen molar-refractivity contribution in [2.24, 2.45) is 0 Å². The standard InChI is InChI=1S/C16H22FNO2/c1-18(12-15-4-3-11-20-15)10-2-5-16(19)13-6-8-14(17)9-7-13/h6-9,15H,2-5,10-12H2,1H3. The van der Waals surface area contributed by atoms with Crippen LogP contribution in [0.5, 0.6) is 0 Å². The number of likely N-dealkylation sites (N-methyl/N-ethyl adjacent to an activating group) is 1. The summed E-state index contributed by atoms with van der Waals surface area (Å²) in [6.45, 7) is 2.69. The number of hydrogen-bond donors (Lipinski definition) is 0. The van der Waals surface area contributed by atoms with Gasteiger partial charge in [0, 0.05) is 25.1 Å². The molecule has 1 heterocycles. The Hall–Kier alpha value is -1.26. The number of nitrogens with zero attached hydrogens (tertiary/aromatic N) is 1. The van der Waals surface area contributed by atoms with Crippen LogP contribution < -0.4 is 0 Å². The Morgan fingerprint density at radius 3 is 2.80 bits per heavy atom. The molecule has 1 aromatic carbocycles. The highest BCUT2D eigenvalue weighted by atomic mass is 19.1. The molecule has 0 amide bonds. The first-order valence-electron chi connectivity index (χ1n) is 7.24. The molecule has 4 heteroatoms. The van der Waals surface area contributed by atoms with Crippen LogP contribution in [0, 0.1) is 5.82 Å². The van der Waals surface area contributed by atoms with Gasteiger partial charge in [0.25, 0.3) is 0 Å². The fourth-order valence-corrected chi connectivity index (χ4v) is 2.52. The molecule has 1 fully saturated rings. The SMILES string of the molecule is CN(CCCC(=O)c1ccc(F)cc1)CC1CCCO1. The minimum Gasteiger partial charge on any atom is -0.377 e. The molecule has 0 spiro atoms. The third-order valence-electron chi connectivity index (χ3n) is 3.65. The van der Waals surface area contributed by atoms with Crippen molar-refractivity contribution in [2.45, 2.75) is 31.8 Å². The van der Waals surface area contributed by atoms with Crippen molar-refractivity contribution in [2.75, 3.05) is 26.7 Å². The fourth-order valence-electron chi connectivity index (χ4n) is 2.52. The van der Waals surface area contributed by atoms with Crippen LogP contribution >= 0.6 is 0 Å². The lowest BCUT2D eigenvalue weighted by molar-refractivity contribution is 0.0800. The van der Waals surface area contributed by atoms with E-state index < -0.39 is 0 Å². The van der Waals surface area contributed by atoms with Crippen molar-refractivity contribution in [1.29, 1.82) is 0 Å². The lowest BCUT2D eigenvalue weighted by Gasteiger charge is -2.20. The first-order chi connectivity index (χ1) is 9.65. The molecule has 1 aliphatic heterocycles. The van der Waals surface area contributed by atoms with Gasteiger partial charge in [0.15, 0.2) is 5.78 Å². The Morgan fingerprint density at radius 2 is 2.15 bits per heavy atom. The van der Waals surface area contributed by atoms with E-state index in [1.165, 1.54) is 12.1 Å². The molecular formula is C16H22FNO2. The van der Waals surface area contributed by atoms with Gasteiger partial charge in [0.1, 0.15) is 5.82 Å². The van der Waals surface area contributed by atoms with Crippen molar-refractivity contribution >= 4 is 5.78 Å². The predicted molar refractivity (Wildman–Crippen MR) is 76.4 cm³/mol. The second-order valence-corrected chi connectivity index (χ2v) is 5.43. The Kier molecular flexibility index (Phi) is 5.68. The molecule has 1 atom stereocenters. The third-order valence-corrected chi connectivity index (χ3v) is 3.65. The van der Waals surface area contributed by atoms with Crippen molar-refractivity contribution in [3.63, 3.8) is 0 Å². The molecule has 0 radical (unpaired) electrons. The number of rotatable bonds is 7. The maximum atomic E-state index is 12.8. The summed E-state index contributed by atoms with van der Waals surface area (Å²) < 4.78 is 18.4. The van der Waals surface area contributed by atoms with Crippen LogP contribution in [0.1, 0.15) is 36.0 Å². The lowest BCUT2D eigenvalue weighted by atomic mass is 10.1. The van der Waals surface area contributed by atoms with Gasteiger partial charge >= 0.3 is 0 Å². The second kappa shape index (κ2) is 7.50. The third kappa shape index (κ3) is 4.69. The fraction of sp³-hybridized carbons (Fsp3) is 0.562. The molecule has 110 valence electrons. The number of ketones is 1. The van der Waals surface area contributed by atoms with Crippen LogP contribution in [0.4, 0.5) is 4.39 Å². The molecule has 20 heavy (non-hydrogen) atoms. The van der Waals surface area contributed by atoms with Gasteiger partial charge in [-0.25, -0.2) is 4.39 Å². The molecule has 0 aliphatic carbocycles. The molecule has 1 unspecified atom stereocenters. The van der Waals surface area contributed by atoms with Crippen LogP contribution in [-0.4, -0.2) is 43.5 Å². The zero-order valence-corrected chi connectivity index (χ0v) is 12.0. The topological polar surface area (TPSA) is 29.5 Å². The zero-order valence-electron chi connectivity index (χ0n) is 12.0. The summed E-state index contributed by atoms with van der Waals surface area (Å²) in [7, 11) is 2.06. The Morgan fingerprint density at radius 1 is 1.40 bits per heavy atom. The molecule has 2 rings (SSSR count). The van der Waals surface area contributed by atoms with Gasteiger partial charge in [-0.1, -0.05) is 0 Å². The number of Topliss-reactive ketones (excluding diaryl/α,β-unsaturated/α-hetero) is 1. The summed E-state index contributed by atoms with van der Waals surface area (Å²) >= 11 is 0. The van der Waals surface area contributed by atoms with E-state index in [0.29, 0.717) is 18.1 Å². The van der Waals surface area contributed by atoms with Gasteiger partial charge in [-0.15, -0.1) is 0 Å². The molecular weight excluding hydrogens is 257 g/mol. The average molecular weight is 279 g/mol. The van der Waals surface area contributed by atoms with Gasteiger partial charge in [-0.2, -0.15) is 0 Å². The normalized spacial score (nSPS) is 18.6. The van der Waals surface area contributed by atoms with Gasteiger partial charge in [0.2, 0.25) is 0 Å². The predicted octanol–water partition coefficient (Wildman–Crippen LogP) is 2.90. The number of benzene rings is 1. The number of hydrogen-bond acceptors (Lipinski definition) is 3. The number of carbonyl (C=O) groups excluding carboxylic acids is 1. The van der Waals surface area contributed by atoms with E-state index in [9.17, 15) is 9.18 Å². The Balaban J connectivity index is 1.66. The zero-order chi connectivity index (χ0) is 14.4. The average Bonchev–Trinajstić information content (AvgIpc) is 2.92. The largest absolute Gasteiger partial charge is 0.377 e.